The van der Waals surface area contributed by atoms with Crippen LogP contribution in [0, 0.1) is 0 Å². The Labute approximate surface area is 114 Å². The molecule has 1 N–H and O–H groups in total. The minimum Gasteiger partial charge on any atom is -0.486 e. The Morgan fingerprint density at radius 1 is 1.35 bits per heavy atom. The summed E-state index contributed by atoms with van der Waals surface area (Å²) in [5.41, 5.74) is 0.446. The molecule has 104 valence electrons. The van der Waals surface area contributed by atoms with Crippen molar-refractivity contribution >= 4 is 11.9 Å². The van der Waals surface area contributed by atoms with E-state index in [1.807, 2.05) is 6.92 Å². The summed E-state index contributed by atoms with van der Waals surface area (Å²) in [5.74, 6) is 1.06. The monoisotopic (exact) mass is 275 g/mol. The zero-order valence-corrected chi connectivity index (χ0v) is 10.9. The topological polar surface area (TPSA) is 91.2 Å². The van der Waals surface area contributed by atoms with Crippen LogP contribution in [0.2, 0.25) is 0 Å². The second kappa shape index (κ2) is 5.16. The number of rotatable bonds is 3. The zero-order valence-electron chi connectivity index (χ0n) is 10.9. The number of carbonyl (C=O) groups excluding carboxylic acids is 1. The quantitative estimate of drug-likeness (QED) is 0.887. The number of nitrogens with zero attached hydrogens (tertiary/aromatic N) is 4. The molecule has 20 heavy (non-hydrogen) atoms. The molecule has 1 aromatic carbocycles. The Morgan fingerprint density at radius 2 is 2.15 bits per heavy atom. The van der Waals surface area contributed by atoms with Gasteiger partial charge in [-0.25, -0.2) is 0 Å². The maximum absolute atomic E-state index is 12.1. The van der Waals surface area contributed by atoms with E-state index in [2.05, 4.69) is 20.7 Å². The molecule has 8 nitrogen and oxygen atoms in total. The van der Waals surface area contributed by atoms with E-state index in [9.17, 15) is 4.79 Å². The first-order chi connectivity index (χ1) is 9.76. The molecule has 3 rings (SSSR count). The number of fused-ring (bicyclic) bond motifs is 1. The lowest BCUT2D eigenvalue weighted by molar-refractivity contribution is 0.102. The van der Waals surface area contributed by atoms with Crippen LogP contribution >= 0.6 is 0 Å². The van der Waals surface area contributed by atoms with E-state index in [1.54, 1.807) is 18.2 Å². The second-order valence-electron chi connectivity index (χ2n) is 4.11. The zero-order chi connectivity index (χ0) is 13.9. The van der Waals surface area contributed by atoms with Crippen LogP contribution in [0.25, 0.3) is 0 Å². The van der Waals surface area contributed by atoms with Crippen molar-refractivity contribution in [2.75, 3.05) is 18.5 Å². The van der Waals surface area contributed by atoms with E-state index in [0.717, 1.165) is 0 Å². The number of amides is 1. The van der Waals surface area contributed by atoms with E-state index in [1.165, 1.54) is 4.80 Å². The molecule has 2 aromatic rings. The third kappa shape index (κ3) is 2.40. The van der Waals surface area contributed by atoms with Crippen molar-refractivity contribution in [3.63, 3.8) is 0 Å². The fourth-order valence-electron chi connectivity index (χ4n) is 1.79. The summed E-state index contributed by atoms with van der Waals surface area (Å²) in [6.45, 7) is 3.47. The largest absolute Gasteiger partial charge is 0.486 e. The summed E-state index contributed by atoms with van der Waals surface area (Å²) in [4.78, 5) is 13.5. The number of aromatic nitrogens is 4. The molecule has 0 saturated carbocycles. The van der Waals surface area contributed by atoms with Crippen molar-refractivity contribution in [1.29, 1.82) is 0 Å². The fourth-order valence-corrected chi connectivity index (χ4v) is 1.79. The van der Waals surface area contributed by atoms with E-state index in [-0.39, 0.29) is 11.9 Å². The van der Waals surface area contributed by atoms with E-state index < -0.39 is 0 Å². The fraction of sp³-hybridized carbons (Fsp3) is 0.333. The predicted octanol–water partition coefficient (Wildman–Crippen LogP) is 0.716. The van der Waals surface area contributed by atoms with Gasteiger partial charge in [0.1, 0.15) is 13.2 Å². The Hall–Kier alpha value is -2.64. The minimum absolute atomic E-state index is 0.173. The van der Waals surface area contributed by atoms with Crippen LogP contribution in [0.15, 0.2) is 18.2 Å². The van der Waals surface area contributed by atoms with Crippen molar-refractivity contribution in [3.8, 4) is 11.5 Å². The SMILES string of the molecule is CCn1nnc(NC(=O)c2ccc3c(c2)OCCO3)n1. The number of benzene rings is 1. The molecule has 0 bridgehead atoms. The molecule has 0 atom stereocenters. The van der Waals surface area contributed by atoms with Crippen LogP contribution < -0.4 is 14.8 Å². The molecule has 0 saturated heterocycles. The third-order valence-corrected chi connectivity index (χ3v) is 2.77. The van der Waals surface area contributed by atoms with E-state index in [4.69, 9.17) is 9.47 Å². The molecule has 1 amide bonds. The van der Waals surface area contributed by atoms with Gasteiger partial charge in [-0.1, -0.05) is 5.10 Å². The molecule has 1 aliphatic heterocycles. The molecule has 0 fully saturated rings. The first-order valence-electron chi connectivity index (χ1n) is 6.25. The van der Waals surface area contributed by atoms with Crippen LogP contribution in [0.3, 0.4) is 0 Å². The van der Waals surface area contributed by atoms with Gasteiger partial charge in [0.25, 0.3) is 11.9 Å². The summed E-state index contributed by atoms with van der Waals surface area (Å²) in [6, 6.07) is 5.00. The van der Waals surface area contributed by atoms with E-state index in [0.29, 0.717) is 36.8 Å². The lowest BCUT2D eigenvalue weighted by Gasteiger charge is -2.18. The van der Waals surface area contributed by atoms with Gasteiger partial charge in [-0.05, 0) is 30.3 Å². The van der Waals surface area contributed by atoms with Crippen LogP contribution in [-0.4, -0.2) is 39.3 Å². The van der Waals surface area contributed by atoms with Gasteiger partial charge in [-0.2, -0.15) is 4.80 Å². The lowest BCUT2D eigenvalue weighted by atomic mass is 10.2. The molecule has 8 heteroatoms. The number of hydrogen-bond donors (Lipinski definition) is 1. The number of hydrogen-bond acceptors (Lipinski definition) is 6. The van der Waals surface area contributed by atoms with Gasteiger partial charge < -0.3 is 9.47 Å². The predicted molar refractivity (Wildman–Crippen MR) is 68.9 cm³/mol. The Morgan fingerprint density at radius 3 is 2.90 bits per heavy atom. The molecule has 1 aliphatic rings. The number of aryl methyl sites for hydroxylation is 1. The molecule has 2 heterocycles. The Balaban J connectivity index is 1.76. The molecular weight excluding hydrogens is 262 g/mol. The molecule has 0 unspecified atom stereocenters. The standard InChI is InChI=1S/C12H13N5O3/c1-2-17-15-12(14-16-17)13-11(18)8-3-4-9-10(7-8)20-6-5-19-9/h3-4,7H,2,5-6H2,1H3,(H,13,15,18). The first kappa shape index (κ1) is 12.4. The van der Waals surface area contributed by atoms with Crippen LogP contribution in [0.4, 0.5) is 5.95 Å². The second-order valence-corrected chi connectivity index (χ2v) is 4.11. The normalized spacial score (nSPS) is 13.1. The maximum Gasteiger partial charge on any atom is 0.270 e. The average molecular weight is 275 g/mol. The van der Waals surface area contributed by atoms with Crippen molar-refractivity contribution in [2.24, 2.45) is 0 Å². The number of tetrazole rings is 1. The highest BCUT2D eigenvalue weighted by Crippen LogP contribution is 2.30. The summed E-state index contributed by atoms with van der Waals surface area (Å²) < 4.78 is 10.8. The highest BCUT2D eigenvalue weighted by molar-refractivity contribution is 6.03. The van der Waals surface area contributed by atoms with Gasteiger partial charge in [-0.3, -0.25) is 10.1 Å². The molecular formula is C12H13N5O3. The minimum atomic E-state index is -0.322. The van der Waals surface area contributed by atoms with Gasteiger partial charge in [0.15, 0.2) is 11.5 Å². The highest BCUT2D eigenvalue weighted by atomic mass is 16.6. The Bertz CT molecular complexity index is 640. The molecule has 0 aliphatic carbocycles. The lowest BCUT2D eigenvalue weighted by Crippen LogP contribution is -2.17. The van der Waals surface area contributed by atoms with Gasteiger partial charge in [-0.15, -0.1) is 5.10 Å². The van der Waals surface area contributed by atoms with Gasteiger partial charge in [0, 0.05) is 5.56 Å². The van der Waals surface area contributed by atoms with Crippen LogP contribution in [-0.2, 0) is 6.54 Å². The summed E-state index contributed by atoms with van der Waals surface area (Å²) in [5, 5.41) is 14.1. The molecule has 0 radical (unpaired) electrons. The summed E-state index contributed by atoms with van der Waals surface area (Å²) >= 11 is 0. The van der Waals surface area contributed by atoms with Gasteiger partial charge in [0.2, 0.25) is 0 Å². The highest BCUT2D eigenvalue weighted by Gasteiger charge is 2.16. The maximum atomic E-state index is 12.1. The molecule has 0 spiro atoms. The summed E-state index contributed by atoms with van der Waals surface area (Å²) in [6.07, 6.45) is 0. The third-order valence-electron chi connectivity index (χ3n) is 2.77. The Kier molecular flexibility index (Phi) is 3.20. The van der Waals surface area contributed by atoms with Crippen molar-refractivity contribution < 1.29 is 14.3 Å². The van der Waals surface area contributed by atoms with Crippen molar-refractivity contribution in [2.45, 2.75) is 13.5 Å². The van der Waals surface area contributed by atoms with E-state index >= 15 is 0 Å². The van der Waals surface area contributed by atoms with Crippen molar-refractivity contribution in [3.05, 3.63) is 23.8 Å². The summed E-state index contributed by atoms with van der Waals surface area (Å²) in [7, 11) is 0. The number of nitrogens with one attached hydrogen (secondary N) is 1. The molecule has 1 aromatic heterocycles. The van der Waals surface area contributed by atoms with Crippen LogP contribution in [0.1, 0.15) is 17.3 Å². The first-order valence-corrected chi connectivity index (χ1v) is 6.25. The smallest absolute Gasteiger partial charge is 0.270 e. The van der Waals surface area contributed by atoms with Gasteiger partial charge in [0.05, 0.1) is 6.54 Å². The van der Waals surface area contributed by atoms with Gasteiger partial charge >= 0.3 is 0 Å². The van der Waals surface area contributed by atoms with Crippen LogP contribution in [0.5, 0.6) is 11.5 Å². The number of carbonyl (C=O) groups is 1. The average Bonchev–Trinajstić information content (AvgIpc) is 2.94. The number of anilines is 1. The number of ether oxygens (including phenoxy) is 2. The van der Waals surface area contributed by atoms with Crippen molar-refractivity contribution in [1.82, 2.24) is 20.2 Å².